The number of carbonyl (C=O) groups excluding carboxylic acids is 1. The Morgan fingerprint density at radius 3 is 2.95 bits per heavy atom. The van der Waals surface area contributed by atoms with Crippen LogP contribution in [0.4, 0.5) is 0 Å². The summed E-state index contributed by atoms with van der Waals surface area (Å²) in [4.78, 5) is 17.2. The second-order valence-corrected chi connectivity index (χ2v) is 5.98. The third kappa shape index (κ3) is 2.30. The highest BCUT2D eigenvalue weighted by atomic mass is 32.2. The van der Waals surface area contributed by atoms with Gasteiger partial charge in [0.25, 0.3) is 0 Å². The molecule has 3 rings (SSSR count). The van der Waals surface area contributed by atoms with E-state index >= 15 is 0 Å². The monoisotopic (exact) mass is 269 g/mol. The van der Waals surface area contributed by atoms with Crippen molar-refractivity contribution in [2.45, 2.75) is 36.1 Å². The predicted octanol–water partition coefficient (Wildman–Crippen LogP) is 3.83. The van der Waals surface area contributed by atoms with Gasteiger partial charge in [-0.05, 0) is 35.7 Å². The molecule has 2 aromatic rings. The van der Waals surface area contributed by atoms with E-state index in [1.165, 1.54) is 16.0 Å². The van der Waals surface area contributed by atoms with Crippen molar-refractivity contribution in [1.82, 2.24) is 4.98 Å². The number of ketones is 1. The molecule has 0 saturated heterocycles. The van der Waals surface area contributed by atoms with Crippen LogP contribution in [0.1, 0.15) is 36.5 Å². The molecule has 2 nitrogen and oxygen atoms in total. The van der Waals surface area contributed by atoms with Gasteiger partial charge in [-0.3, -0.25) is 4.79 Å². The SMILES string of the molecule is CC(=O)C(C)c1ccc2c(c1)Cc1cccnc1S2. The number of fused-ring (bicyclic) bond motifs is 2. The molecular formula is C16H15NOS. The Hall–Kier alpha value is -1.61. The molecule has 1 aromatic carbocycles. The largest absolute Gasteiger partial charge is 0.299 e. The number of pyridine rings is 1. The second-order valence-electron chi connectivity index (χ2n) is 4.95. The highest BCUT2D eigenvalue weighted by Crippen LogP contribution is 2.39. The van der Waals surface area contributed by atoms with Gasteiger partial charge in [0.2, 0.25) is 0 Å². The molecule has 0 saturated carbocycles. The third-order valence-corrected chi connectivity index (χ3v) is 4.81. The summed E-state index contributed by atoms with van der Waals surface area (Å²) in [6.45, 7) is 3.62. The molecule has 0 spiro atoms. The van der Waals surface area contributed by atoms with Crippen LogP contribution >= 0.6 is 11.8 Å². The molecule has 0 fully saturated rings. The lowest BCUT2D eigenvalue weighted by molar-refractivity contribution is -0.118. The molecule has 2 heterocycles. The van der Waals surface area contributed by atoms with Crippen LogP contribution in [-0.2, 0) is 11.2 Å². The van der Waals surface area contributed by atoms with Gasteiger partial charge in [0.05, 0.1) is 0 Å². The summed E-state index contributed by atoms with van der Waals surface area (Å²) in [6.07, 6.45) is 2.74. The Bertz CT molecular complexity index is 651. The number of carbonyl (C=O) groups is 1. The van der Waals surface area contributed by atoms with Crippen molar-refractivity contribution in [2.24, 2.45) is 0 Å². The first-order chi connectivity index (χ1) is 9.15. The van der Waals surface area contributed by atoms with Gasteiger partial charge in [-0.2, -0.15) is 0 Å². The Morgan fingerprint density at radius 2 is 2.16 bits per heavy atom. The highest BCUT2D eigenvalue weighted by Gasteiger charge is 2.19. The lowest BCUT2D eigenvalue weighted by Gasteiger charge is -2.19. The van der Waals surface area contributed by atoms with E-state index in [0.29, 0.717) is 0 Å². The van der Waals surface area contributed by atoms with Crippen molar-refractivity contribution in [3.8, 4) is 0 Å². The zero-order valence-corrected chi connectivity index (χ0v) is 11.8. The van der Waals surface area contributed by atoms with Crippen molar-refractivity contribution in [3.63, 3.8) is 0 Å². The minimum atomic E-state index is -0.0226. The maximum absolute atomic E-state index is 11.5. The van der Waals surface area contributed by atoms with Crippen LogP contribution in [0, 0.1) is 0 Å². The Morgan fingerprint density at radius 1 is 1.32 bits per heavy atom. The first-order valence-corrected chi connectivity index (χ1v) is 7.22. The first kappa shape index (κ1) is 12.4. The fourth-order valence-electron chi connectivity index (χ4n) is 2.30. The standard InChI is InChI=1S/C16H15NOS/c1-10(11(2)18)12-5-6-15-14(8-12)9-13-4-3-7-17-16(13)19-15/h3-8,10H,9H2,1-2H3. The molecule has 96 valence electrons. The lowest BCUT2D eigenvalue weighted by Crippen LogP contribution is -2.07. The van der Waals surface area contributed by atoms with Crippen LogP contribution in [0.3, 0.4) is 0 Å². The van der Waals surface area contributed by atoms with E-state index in [1.807, 2.05) is 19.2 Å². The van der Waals surface area contributed by atoms with Crippen molar-refractivity contribution >= 4 is 17.5 Å². The van der Waals surface area contributed by atoms with Gasteiger partial charge in [-0.15, -0.1) is 0 Å². The highest BCUT2D eigenvalue weighted by molar-refractivity contribution is 7.99. The van der Waals surface area contributed by atoms with E-state index in [4.69, 9.17) is 0 Å². The molecule has 1 aliphatic rings. The summed E-state index contributed by atoms with van der Waals surface area (Å²) < 4.78 is 0. The minimum Gasteiger partial charge on any atom is -0.299 e. The van der Waals surface area contributed by atoms with Crippen LogP contribution in [-0.4, -0.2) is 10.8 Å². The number of benzene rings is 1. The van der Waals surface area contributed by atoms with E-state index in [0.717, 1.165) is 17.0 Å². The molecule has 19 heavy (non-hydrogen) atoms. The second kappa shape index (κ2) is 4.82. The number of rotatable bonds is 2. The van der Waals surface area contributed by atoms with E-state index in [1.54, 1.807) is 18.7 Å². The maximum atomic E-state index is 11.5. The van der Waals surface area contributed by atoms with Gasteiger partial charge in [-0.25, -0.2) is 4.98 Å². The summed E-state index contributed by atoms with van der Waals surface area (Å²) in [5, 5.41) is 1.10. The van der Waals surface area contributed by atoms with Gasteiger partial charge < -0.3 is 0 Å². The number of hydrogen-bond acceptors (Lipinski definition) is 3. The molecule has 3 heteroatoms. The molecule has 0 N–H and O–H groups in total. The van der Waals surface area contributed by atoms with Crippen molar-refractivity contribution in [2.75, 3.05) is 0 Å². The van der Waals surface area contributed by atoms with Gasteiger partial charge in [0.15, 0.2) is 0 Å². The minimum absolute atomic E-state index is 0.0226. The Kier molecular flexibility index (Phi) is 3.15. The van der Waals surface area contributed by atoms with E-state index in [-0.39, 0.29) is 11.7 Å². The molecule has 0 amide bonds. The Balaban J connectivity index is 1.98. The zero-order valence-electron chi connectivity index (χ0n) is 11.0. The molecular weight excluding hydrogens is 254 g/mol. The number of Topliss-reactive ketones (excluding diaryl/α,β-unsaturated/α-hetero) is 1. The van der Waals surface area contributed by atoms with Crippen LogP contribution in [0.2, 0.25) is 0 Å². The van der Waals surface area contributed by atoms with Gasteiger partial charge in [0, 0.05) is 23.4 Å². The topological polar surface area (TPSA) is 30.0 Å². The molecule has 1 aromatic heterocycles. The normalized spacial score (nSPS) is 14.4. The van der Waals surface area contributed by atoms with Gasteiger partial charge in [0.1, 0.15) is 10.8 Å². The van der Waals surface area contributed by atoms with Crippen molar-refractivity contribution in [1.29, 1.82) is 0 Å². The molecule has 1 aliphatic heterocycles. The lowest BCUT2D eigenvalue weighted by atomic mass is 9.94. The first-order valence-electron chi connectivity index (χ1n) is 6.40. The van der Waals surface area contributed by atoms with Crippen molar-refractivity contribution in [3.05, 3.63) is 53.2 Å². The number of nitrogens with zero attached hydrogens (tertiary/aromatic N) is 1. The molecule has 1 atom stereocenters. The van der Waals surface area contributed by atoms with Gasteiger partial charge in [-0.1, -0.05) is 36.9 Å². The van der Waals surface area contributed by atoms with Crippen LogP contribution in [0.15, 0.2) is 46.5 Å². The summed E-state index contributed by atoms with van der Waals surface area (Å²) in [7, 11) is 0. The average Bonchev–Trinajstić information content (AvgIpc) is 2.43. The number of hydrogen-bond donors (Lipinski definition) is 0. The fraction of sp³-hybridized carbons (Fsp3) is 0.250. The van der Waals surface area contributed by atoms with Crippen LogP contribution in [0.5, 0.6) is 0 Å². The summed E-state index contributed by atoms with van der Waals surface area (Å²) in [5.41, 5.74) is 3.68. The summed E-state index contributed by atoms with van der Waals surface area (Å²) in [6, 6.07) is 10.5. The Labute approximate surface area is 117 Å². The predicted molar refractivity (Wildman–Crippen MR) is 76.7 cm³/mol. The molecule has 0 aliphatic carbocycles. The maximum Gasteiger partial charge on any atom is 0.136 e. The van der Waals surface area contributed by atoms with E-state index in [9.17, 15) is 4.79 Å². The summed E-state index contributed by atoms with van der Waals surface area (Å²) in [5.74, 6) is 0.191. The molecule has 0 bridgehead atoms. The van der Waals surface area contributed by atoms with Gasteiger partial charge >= 0.3 is 0 Å². The van der Waals surface area contributed by atoms with E-state index in [2.05, 4.69) is 29.2 Å². The van der Waals surface area contributed by atoms with Crippen LogP contribution < -0.4 is 0 Å². The third-order valence-electron chi connectivity index (χ3n) is 3.63. The number of aromatic nitrogens is 1. The zero-order chi connectivity index (χ0) is 13.4. The van der Waals surface area contributed by atoms with Crippen molar-refractivity contribution < 1.29 is 4.79 Å². The quantitative estimate of drug-likeness (QED) is 0.708. The van der Waals surface area contributed by atoms with Crippen LogP contribution in [0.25, 0.3) is 0 Å². The average molecular weight is 269 g/mol. The molecule has 0 radical (unpaired) electrons. The fourth-order valence-corrected chi connectivity index (χ4v) is 3.29. The van der Waals surface area contributed by atoms with E-state index < -0.39 is 0 Å². The molecule has 1 unspecified atom stereocenters. The smallest absolute Gasteiger partial charge is 0.136 e. The summed E-state index contributed by atoms with van der Waals surface area (Å²) >= 11 is 1.72.